The summed E-state index contributed by atoms with van der Waals surface area (Å²) < 4.78 is 0. The molecule has 0 bridgehead atoms. The normalized spacial score (nSPS) is 16.0. The molecule has 0 radical (unpaired) electrons. The average Bonchev–Trinajstić information content (AvgIpc) is 3.19. The number of nitrogens with one attached hydrogen (secondary N) is 2. The van der Waals surface area contributed by atoms with Crippen LogP contribution in [-0.4, -0.2) is 27.4 Å². The lowest BCUT2D eigenvalue weighted by atomic mass is 10.1. The lowest BCUT2D eigenvalue weighted by Gasteiger charge is -2.25. The van der Waals surface area contributed by atoms with Gasteiger partial charge in [-0.25, -0.2) is 9.97 Å². The maximum atomic E-state index is 11.3. The van der Waals surface area contributed by atoms with Crippen LogP contribution < -0.4 is 15.5 Å². The minimum atomic E-state index is -0.111. The monoisotopic (exact) mass is 374 g/mol. The fraction of sp³-hybridized carbons (Fsp3) is 0.238. The molecule has 2 aromatic carbocycles. The second kappa shape index (κ2) is 8.04. The van der Waals surface area contributed by atoms with Crippen molar-refractivity contribution in [1.29, 1.82) is 0 Å². The van der Waals surface area contributed by atoms with Crippen LogP contribution in [0.5, 0.6) is 0 Å². The molecule has 1 aliphatic rings. The topological polar surface area (TPSA) is 83.0 Å². The predicted molar refractivity (Wildman–Crippen MR) is 110 cm³/mol. The Labute approximate surface area is 163 Å². The molecule has 4 rings (SSSR count). The Balaban J connectivity index is 1.54. The Hall–Kier alpha value is -3.48. The van der Waals surface area contributed by atoms with Gasteiger partial charge in [0.05, 0.1) is 6.04 Å². The zero-order valence-corrected chi connectivity index (χ0v) is 15.7. The first-order valence-corrected chi connectivity index (χ1v) is 9.34. The van der Waals surface area contributed by atoms with Gasteiger partial charge in [0.25, 0.3) is 0 Å². The summed E-state index contributed by atoms with van der Waals surface area (Å²) in [6, 6.07) is 18.2. The smallest absolute Gasteiger partial charge is 0.232 e. The number of nitrogens with zero attached hydrogens (tertiary/aromatic N) is 4. The largest absolute Gasteiger partial charge is 0.334 e. The van der Waals surface area contributed by atoms with Crippen molar-refractivity contribution in [2.75, 3.05) is 22.1 Å². The van der Waals surface area contributed by atoms with Crippen molar-refractivity contribution in [2.24, 2.45) is 0 Å². The summed E-state index contributed by atoms with van der Waals surface area (Å²) in [6.45, 7) is 2.40. The van der Waals surface area contributed by atoms with Gasteiger partial charge in [-0.05, 0) is 36.6 Å². The van der Waals surface area contributed by atoms with Crippen LogP contribution in [0.3, 0.4) is 0 Å². The molecule has 1 saturated heterocycles. The second-order valence-electron chi connectivity index (χ2n) is 6.76. The number of hydrogen-bond donors (Lipinski definition) is 2. The number of carbonyl (C=O) groups is 1. The Kier molecular flexibility index (Phi) is 5.14. The standard InChI is InChI=1S/C21H22N6O/c1-15(28)24-17-9-5-10-18(13-17)25-20-22-14-23-21(26-20)27-12-6-11-19(27)16-7-3-2-4-8-16/h2-5,7-10,13-14,19H,6,11-12H2,1H3,(H,24,28)(H,22,23,25,26). The lowest BCUT2D eigenvalue weighted by Crippen LogP contribution is -2.25. The Bertz CT molecular complexity index is 962. The maximum Gasteiger partial charge on any atom is 0.232 e. The molecule has 3 aromatic rings. The molecule has 0 saturated carbocycles. The van der Waals surface area contributed by atoms with Crippen molar-refractivity contribution in [3.63, 3.8) is 0 Å². The quantitative estimate of drug-likeness (QED) is 0.704. The minimum Gasteiger partial charge on any atom is -0.334 e. The minimum absolute atomic E-state index is 0.111. The Morgan fingerprint density at radius 1 is 1.07 bits per heavy atom. The van der Waals surface area contributed by atoms with E-state index in [-0.39, 0.29) is 11.9 Å². The fourth-order valence-corrected chi connectivity index (χ4v) is 3.52. The van der Waals surface area contributed by atoms with Crippen LogP contribution in [-0.2, 0) is 4.79 Å². The van der Waals surface area contributed by atoms with Gasteiger partial charge in [0, 0.05) is 24.8 Å². The zero-order valence-electron chi connectivity index (χ0n) is 15.7. The molecule has 7 heteroatoms. The summed E-state index contributed by atoms with van der Waals surface area (Å²) >= 11 is 0. The third-order valence-corrected chi connectivity index (χ3v) is 4.69. The van der Waals surface area contributed by atoms with Crippen molar-refractivity contribution >= 4 is 29.2 Å². The molecular formula is C21H22N6O. The molecule has 1 amide bonds. The van der Waals surface area contributed by atoms with Crippen LogP contribution in [0.1, 0.15) is 31.4 Å². The number of anilines is 4. The number of benzene rings is 2. The zero-order chi connectivity index (χ0) is 19.3. The van der Waals surface area contributed by atoms with Crippen molar-refractivity contribution in [3.8, 4) is 0 Å². The Morgan fingerprint density at radius 3 is 2.71 bits per heavy atom. The molecular weight excluding hydrogens is 352 g/mol. The van der Waals surface area contributed by atoms with Crippen LogP contribution in [0.4, 0.5) is 23.3 Å². The van der Waals surface area contributed by atoms with Gasteiger partial charge in [-0.2, -0.15) is 4.98 Å². The van der Waals surface area contributed by atoms with Crippen molar-refractivity contribution in [3.05, 3.63) is 66.5 Å². The van der Waals surface area contributed by atoms with Gasteiger partial charge in [-0.1, -0.05) is 36.4 Å². The van der Waals surface area contributed by atoms with E-state index in [1.54, 1.807) is 0 Å². The van der Waals surface area contributed by atoms with Gasteiger partial charge < -0.3 is 15.5 Å². The average molecular weight is 374 g/mol. The number of carbonyl (C=O) groups excluding carboxylic acids is 1. The summed E-state index contributed by atoms with van der Waals surface area (Å²) in [6.07, 6.45) is 3.71. The highest BCUT2D eigenvalue weighted by Gasteiger charge is 2.28. The summed E-state index contributed by atoms with van der Waals surface area (Å²) in [4.78, 5) is 26.8. The van der Waals surface area contributed by atoms with Gasteiger partial charge in [0.15, 0.2) is 0 Å². The van der Waals surface area contributed by atoms with E-state index in [1.165, 1.54) is 18.8 Å². The van der Waals surface area contributed by atoms with Gasteiger partial charge in [0.1, 0.15) is 6.33 Å². The molecule has 0 spiro atoms. The molecule has 2 N–H and O–H groups in total. The highest BCUT2D eigenvalue weighted by Crippen LogP contribution is 2.34. The number of hydrogen-bond acceptors (Lipinski definition) is 6. The summed E-state index contributed by atoms with van der Waals surface area (Å²) in [7, 11) is 0. The van der Waals surface area contributed by atoms with Gasteiger partial charge in [0.2, 0.25) is 17.8 Å². The molecule has 0 aliphatic carbocycles. The fourth-order valence-electron chi connectivity index (χ4n) is 3.52. The van der Waals surface area contributed by atoms with Crippen LogP contribution in [0, 0.1) is 0 Å². The van der Waals surface area contributed by atoms with E-state index < -0.39 is 0 Å². The van der Waals surface area contributed by atoms with E-state index in [1.807, 2.05) is 30.3 Å². The van der Waals surface area contributed by atoms with E-state index in [0.717, 1.165) is 30.8 Å². The van der Waals surface area contributed by atoms with Crippen LogP contribution >= 0.6 is 0 Å². The van der Waals surface area contributed by atoms with Gasteiger partial charge in [-0.15, -0.1) is 0 Å². The van der Waals surface area contributed by atoms with Crippen LogP contribution in [0.15, 0.2) is 60.9 Å². The summed E-state index contributed by atoms with van der Waals surface area (Å²) in [5.41, 5.74) is 2.79. The van der Waals surface area contributed by atoms with E-state index in [0.29, 0.717) is 11.9 Å². The van der Waals surface area contributed by atoms with Crippen LogP contribution in [0.25, 0.3) is 0 Å². The molecule has 2 heterocycles. The van der Waals surface area contributed by atoms with E-state index in [2.05, 4.69) is 54.8 Å². The highest BCUT2D eigenvalue weighted by atomic mass is 16.1. The molecule has 1 atom stereocenters. The SMILES string of the molecule is CC(=O)Nc1cccc(Nc2ncnc(N3CCCC3c3ccccc3)n2)c1. The van der Waals surface area contributed by atoms with E-state index in [4.69, 9.17) is 0 Å². The van der Waals surface area contributed by atoms with Gasteiger partial charge >= 0.3 is 0 Å². The Morgan fingerprint density at radius 2 is 1.89 bits per heavy atom. The molecule has 7 nitrogen and oxygen atoms in total. The van der Waals surface area contributed by atoms with E-state index in [9.17, 15) is 4.79 Å². The molecule has 142 valence electrons. The predicted octanol–water partition coefficient (Wildman–Crippen LogP) is 3.92. The number of amides is 1. The molecule has 1 aliphatic heterocycles. The third-order valence-electron chi connectivity index (χ3n) is 4.69. The summed E-state index contributed by atoms with van der Waals surface area (Å²) in [5, 5.41) is 5.97. The summed E-state index contributed by atoms with van der Waals surface area (Å²) in [5.74, 6) is 1.03. The van der Waals surface area contributed by atoms with Gasteiger partial charge in [-0.3, -0.25) is 4.79 Å². The molecule has 1 unspecified atom stereocenters. The first-order valence-electron chi connectivity index (χ1n) is 9.34. The highest BCUT2D eigenvalue weighted by molar-refractivity contribution is 5.89. The molecule has 1 aromatic heterocycles. The van der Waals surface area contributed by atoms with Crippen molar-refractivity contribution < 1.29 is 4.79 Å². The van der Waals surface area contributed by atoms with Crippen molar-refractivity contribution in [2.45, 2.75) is 25.8 Å². The maximum absolute atomic E-state index is 11.3. The lowest BCUT2D eigenvalue weighted by molar-refractivity contribution is -0.114. The first kappa shape index (κ1) is 17.9. The second-order valence-corrected chi connectivity index (χ2v) is 6.76. The van der Waals surface area contributed by atoms with Crippen LogP contribution in [0.2, 0.25) is 0 Å². The number of aromatic nitrogens is 3. The molecule has 1 fully saturated rings. The van der Waals surface area contributed by atoms with E-state index >= 15 is 0 Å². The molecule has 28 heavy (non-hydrogen) atoms. The van der Waals surface area contributed by atoms with Crippen molar-refractivity contribution in [1.82, 2.24) is 15.0 Å². The number of rotatable bonds is 5. The third kappa shape index (κ3) is 4.09. The first-order chi connectivity index (χ1) is 13.7.